The maximum atomic E-state index is 11.7. The third-order valence-electron chi connectivity index (χ3n) is 2.36. The summed E-state index contributed by atoms with van der Waals surface area (Å²) in [5.41, 5.74) is 1.10. The van der Waals surface area contributed by atoms with E-state index in [-0.39, 0.29) is 5.56 Å². The van der Waals surface area contributed by atoms with Crippen molar-refractivity contribution in [2.45, 2.75) is 0 Å². The van der Waals surface area contributed by atoms with E-state index in [0.717, 1.165) is 5.69 Å². The van der Waals surface area contributed by atoms with Crippen molar-refractivity contribution < 1.29 is 0 Å². The molecule has 0 radical (unpaired) electrons. The van der Waals surface area contributed by atoms with Gasteiger partial charge in [0.1, 0.15) is 5.39 Å². The molecule has 6 nitrogen and oxygen atoms in total. The molecule has 0 saturated heterocycles. The minimum Gasteiger partial charge on any atom is -0.326 e. The Balaban J connectivity index is 2.04. The van der Waals surface area contributed by atoms with E-state index in [0.29, 0.717) is 17.0 Å². The first-order chi connectivity index (χ1) is 8.33. The zero-order chi connectivity index (χ0) is 11.7. The largest absolute Gasteiger partial charge is 0.326 e. The summed E-state index contributed by atoms with van der Waals surface area (Å²) in [4.78, 5) is 18.5. The minimum atomic E-state index is -0.220. The van der Waals surface area contributed by atoms with Crippen LogP contribution in [0.25, 0.3) is 11.0 Å². The standard InChI is InChI=1S/C11H9N5O/c17-10-8-6-12-16-9(8)14-11(15-10)13-7-4-2-1-3-5-7/h1-6H,(H3,12,13,14,15,16,17). The van der Waals surface area contributed by atoms with Gasteiger partial charge in [-0.1, -0.05) is 18.2 Å². The highest BCUT2D eigenvalue weighted by molar-refractivity contribution is 5.74. The SMILES string of the molecule is O=c1[nH]c(Nc2ccccc2)nc2[nH]ncc12. The molecular weight excluding hydrogens is 218 g/mol. The van der Waals surface area contributed by atoms with Crippen molar-refractivity contribution in [3.05, 3.63) is 46.9 Å². The highest BCUT2D eigenvalue weighted by Crippen LogP contribution is 2.11. The minimum absolute atomic E-state index is 0.220. The number of H-pyrrole nitrogens is 2. The van der Waals surface area contributed by atoms with Crippen LogP contribution in [0.2, 0.25) is 0 Å². The van der Waals surface area contributed by atoms with Crippen molar-refractivity contribution in [3.8, 4) is 0 Å². The number of benzene rings is 1. The van der Waals surface area contributed by atoms with E-state index < -0.39 is 0 Å². The molecule has 0 unspecified atom stereocenters. The fourth-order valence-corrected chi connectivity index (χ4v) is 1.56. The molecule has 0 atom stereocenters. The van der Waals surface area contributed by atoms with Crippen LogP contribution in [-0.2, 0) is 0 Å². The summed E-state index contributed by atoms with van der Waals surface area (Å²) in [6.45, 7) is 0. The Kier molecular flexibility index (Phi) is 2.11. The van der Waals surface area contributed by atoms with Crippen LogP contribution in [0.1, 0.15) is 0 Å². The first kappa shape index (κ1) is 9.59. The predicted octanol–water partition coefficient (Wildman–Crippen LogP) is 1.39. The Morgan fingerprint density at radius 2 is 2.00 bits per heavy atom. The van der Waals surface area contributed by atoms with E-state index in [1.807, 2.05) is 30.3 Å². The van der Waals surface area contributed by atoms with E-state index in [1.54, 1.807) is 0 Å². The number of para-hydroxylation sites is 1. The quantitative estimate of drug-likeness (QED) is 0.617. The zero-order valence-electron chi connectivity index (χ0n) is 8.77. The van der Waals surface area contributed by atoms with Gasteiger partial charge in [0, 0.05) is 5.69 Å². The summed E-state index contributed by atoms with van der Waals surface area (Å²) in [5.74, 6) is 0.387. The molecule has 17 heavy (non-hydrogen) atoms. The molecule has 84 valence electrons. The number of rotatable bonds is 2. The highest BCUT2D eigenvalue weighted by Gasteiger charge is 2.04. The van der Waals surface area contributed by atoms with Crippen LogP contribution in [-0.4, -0.2) is 20.2 Å². The number of hydrogen-bond donors (Lipinski definition) is 3. The Morgan fingerprint density at radius 3 is 2.82 bits per heavy atom. The van der Waals surface area contributed by atoms with Crippen molar-refractivity contribution in [2.24, 2.45) is 0 Å². The van der Waals surface area contributed by atoms with Gasteiger partial charge in [-0.3, -0.25) is 14.9 Å². The number of aromatic nitrogens is 4. The van der Waals surface area contributed by atoms with Crippen molar-refractivity contribution >= 4 is 22.7 Å². The second-order valence-corrected chi connectivity index (χ2v) is 3.54. The Morgan fingerprint density at radius 1 is 1.18 bits per heavy atom. The van der Waals surface area contributed by atoms with Crippen LogP contribution in [0.4, 0.5) is 11.6 Å². The molecule has 0 aliphatic carbocycles. The summed E-state index contributed by atoms with van der Waals surface area (Å²) in [6.07, 6.45) is 1.45. The molecule has 2 aromatic heterocycles. The normalized spacial score (nSPS) is 10.6. The Bertz CT molecular complexity index is 700. The average Bonchev–Trinajstić information content (AvgIpc) is 2.79. The summed E-state index contributed by atoms with van der Waals surface area (Å²) >= 11 is 0. The van der Waals surface area contributed by atoms with Gasteiger partial charge in [0.25, 0.3) is 5.56 Å². The maximum Gasteiger partial charge on any atom is 0.263 e. The van der Waals surface area contributed by atoms with Gasteiger partial charge >= 0.3 is 0 Å². The van der Waals surface area contributed by atoms with Crippen LogP contribution in [0.15, 0.2) is 41.3 Å². The number of aromatic amines is 2. The highest BCUT2D eigenvalue weighted by atomic mass is 16.1. The topological polar surface area (TPSA) is 86.5 Å². The Labute approximate surface area is 95.7 Å². The summed E-state index contributed by atoms with van der Waals surface area (Å²) in [5, 5.41) is 9.90. The van der Waals surface area contributed by atoms with Crippen molar-refractivity contribution in [3.63, 3.8) is 0 Å². The molecule has 0 fully saturated rings. The molecule has 1 aromatic carbocycles. The molecule has 3 aromatic rings. The van der Waals surface area contributed by atoms with Gasteiger partial charge in [0.2, 0.25) is 5.95 Å². The van der Waals surface area contributed by atoms with Crippen LogP contribution in [0.5, 0.6) is 0 Å². The van der Waals surface area contributed by atoms with Crippen molar-refractivity contribution in [1.29, 1.82) is 0 Å². The lowest BCUT2D eigenvalue weighted by molar-refractivity contribution is 1.09. The first-order valence-corrected chi connectivity index (χ1v) is 5.08. The molecule has 3 rings (SSSR count). The fraction of sp³-hybridized carbons (Fsp3) is 0. The van der Waals surface area contributed by atoms with Gasteiger partial charge in [0.05, 0.1) is 6.20 Å². The average molecular weight is 227 g/mol. The molecule has 0 saturated carbocycles. The molecule has 2 heterocycles. The third kappa shape index (κ3) is 1.76. The molecular formula is C11H9N5O. The van der Waals surface area contributed by atoms with Crippen LogP contribution in [0.3, 0.4) is 0 Å². The molecule has 3 N–H and O–H groups in total. The number of nitrogens with zero attached hydrogens (tertiary/aromatic N) is 2. The van der Waals surface area contributed by atoms with Crippen molar-refractivity contribution in [1.82, 2.24) is 20.2 Å². The van der Waals surface area contributed by atoms with Gasteiger partial charge < -0.3 is 5.32 Å². The van der Waals surface area contributed by atoms with Crippen LogP contribution in [0, 0.1) is 0 Å². The van der Waals surface area contributed by atoms with Gasteiger partial charge in [-0.15, -0.1) is 0 Å². The summed E-state index contributed by atoms with van der Waals surface area (Å²) < 4.78 is 0. The second kappa shape index (κ2) is 3.75. The molecule has 0 spiro atoms. The number of anilines is 2. The lowest BCUT2D eigenvalue weighted by atomic mass is 10.3. The third-order valence-corrected chi connectivity index (χ3v) is 2.36. The molecule has 6 heteroatoms. The van der Waals surface area contributed by atoms with Gasteiger partial charge in [-0.2, -0.15) is 10.1 Å². The molecule has 0 amide bonds. The summed E-state index contributed by atoms with van der Waals surface area (Å²) in [7, 11) is 0. The predicted molar refractivity (Wildman–Crippen MR) is 64.2 cm³/mol. The van der Waals surface area contributed by atoms with Gasteiger partial charge in [-0.25, -0.2) is 0 Å². The van der Waals surface area contributed by atoms with E-state index in [2.05, 4.69) is 25.5 Å². The number of fused-ring (bicyclic) bond motifs is 1. The zero-order valence-corrected chi connectivity index (χ0v) is 8.77. The monoisotopic (exact) mass is 227 g/mol. The van der Waals surface area contributed by atoms with E-state index in [9.17, 15) is 4.79 Å². The van der Waals surface area contributed by atoms with Gasteiger partial charge in [-0.05, 0) is 12.1 Å². The number of nitrogens with one attached hydrogen (secondary N) is 3. The lowest BCUT2D eigenvalue weighted by Gasteiger charge is -2.03. The Hall–Kier alpha value is -2.63. The molecule has 0 bridgehead atoms. The number of hydrogen-bond acceptors (Lipinski definition) is 4. The molecule has 0 aliphatic heterocycles. The maximum absolute atomic E-state index is 11.7. The van der Waals surface area contributed by atoms with E-state index >= 15 is 0 Å². The van der Waals surface area contributed by atoms with E-state index in [4.69, 9.17) is 0 Å². The molecule has 0 aliphatic rings. The first-order valence-electron chi connectivity index (χ1n) is 5.08. The van der Waals surface area contributed by atoms with Crippen molar-refractivity contribution in [2.75, 3.05) is 5.32 Å². The smallest absolute Gasteiger partial charge is 0.263 e. The van der Waals surface area contributed by atoms with Crippen LogP contribution >= 0.6 is 0 Å². The lowest BCUT2D eigenvalue weighted by Crippen LogP contribution is -2.10. The van der Waals surface area contributed by atoms with Gasteiger partial charge in [0.15, 0.2) is 5.65 Å². The summed E-state index contributed by atoms with van der Waals surface area (Å²) in [6, 6.07) is 9.48. The second-order valence-electron chi connectivity index (χ2n) is 3.54. The van der Waals surface area contributed by atoms with Crippen LogP contribution < -0.4 is 10.9 Å². The fourth-order valence-electron chi connectivity index (χ4n) is 1.56. The van der Waals surface area contributed by atoms with E-state index in [1.165, 1.54) is 6.20 Å².